The number of benzene rings is 2. The monoisotopic (exact) mass is 406 g/mol. The lowest BCUT2D eigenvalue weighted by Gasteiger charge is -2.26. The average molecular weight is 406 g/mol. The Hall–Kier alpha value is -3.28. The average Bonchev–Trinajstić information content (AvgIpc) is 3.12. The minimum atomic E-state index is -0.307. The van der Waals surface area contributed by atoms with Crippen LogP contribution in [0.15, 0.2) is 36.5 Å². The second kappa shape index (κ2) is 7.86. The van der Waals surface area contributed by atoms with Gasteiger partial charge in [-0.2, -0.15) is 0 Å². The normalized spacial score (nSPS) is 12.8. The van der Waals surface area contributed by atoms with Crippen molar-refractivity contribution < 1.29 is 19.0 Å². The third-order valence-corrected chi connectivity index (χ3v) is 5.58. The summed E-state index contributed by atoms with van der Waals surface area (Å²) in [5, 5.41) is 1.86. The third kappa shape index (κ3) is 3.22. The van der Waals surface area contributed by atoms with E-state index in [9.17, 15) is 4.79 Å². The van der Waals surface area contributed by atoms with Gasteiger partial charge in [0.25, 0.3) is 0 Å². The third-order valence-electron chi connectivity index (χ3n) is 5.58. The molecule has 0 saturated heterocycles. The van der Waals surface area contributed by atoms with Crippen molar-refractivity contribution in [2.45, 2.75) is 33.4 Å². The molecule has 0 bridgehead atoms. The van der Waals surface area contributed by atoms with Crippen LogP contribution in [0.25, 0.3) is 21.9 Å². The zero-order valence-corrected chi connectivity index (χ0v) is 18.0. The van der Waals surface area contributed by atoms with Crippen LogP contribution >= 0.6 is 0 Å². The lowest BCUT2D eigenvalue weighted by Crippen LogP contribution is -2.30. The topological polar surface area (TPSA) is 60.9 Å². The van der Waals surface area contributed by atoms with Crippen molar-refractivity contribution in [2.24, 2.45) is 0 Å². The van der Waals surface area contributed by atoms with E-state index in [0.29, 0.717) is 23.1 Å². The molecule has 4 rings (SSSR count). The van der Waals surface area contributed by atoms with E-state index in [1.165, 1.54) is 0 Å². The molecule has 0 unspecified atom stereocenters. The number of methoxy groups -OCH3 is 2. The van der Waals surface area contributed by atoms with Crippen molar-refractivity contribution in [3.63, 3.8) is 0 Å². The van der Waals surface area contributed by atoms with Crippen molar-refractivity contribution in [2.75, 3.05) is 25.7 Å². The molecular formula is C24H26N2O4. The van der Waals surface area contributed by atoms with E-state index >= 15 is 0 Å². The number of carbonyl (C=O) groups is 1. The summed E-state index contributed by atoms with van der Waals surface area (Å²) < 4.78 is 16.3. The second-order valence-electron chi connectivity index (χ2n) is 7.57. The molecular weight excluding hydrogens is 380 g/mol. The van der Waals surface area contributed by atoms with Gasteiger partial charge >= 0.3 is 5.97 Å². The Bertz CT molecular complexity index is 1110. The summed E-state index contributed by atoms with van der Waals surface area (Å²) in [5.74, 6) is 1.86. The van der Waals surface area contributed by atoms with Crippen LogP contribution < -0.4 is 14.4 Å². The largest absolute Gasteiger partial charge is 0.493 e. The highest BCUT2D eigenvalue weighted by Gasteiger charge is 2.28. The van der Waals surface area contributed by atoms with Crippen LogP contribution in [0.5, 0.6) is 11.5 Å². The number of hydrogen-bond acceptors (Lipinski definition) is 6. The predicted molar refractivity (Wildman–Crippen MR) is 118 cm³/mol. The summed E-state index contributed by atoms with van der Waals surface area (Å²) in [4.78, 5) is 19.5. The molecule has 6 nitrogen and oxygen atoms in total. The standard InChI is InChI=1S/C24H26N2O4/c1-6-26(14(2)3)21-8-7-15(12-25-21)22-18-11-20(29-5)19(28-4)10-16(18)9-17-13-30-24(27)23(17)22/h7-12,14H,6,13H2,1-5H3. The Labute approximate surface area is 176 Å². The summed E-state index contributed by atoms with van der Waals surface area (Å²) in [7, 11) is 3.22. The molecule has 0 radical (unpaired) electrons. The number of ether oxygens (including phenoxy) is 3. The predicted octanol–water partition coefficient (Wildman–Crippen LogP) is 4.82. The minimum absolute atomic E-state index is 0.272. The number of esters is 1. The zero-order valence-electron chi connectivity index (χ0n) is 18.0. The van der Waals surface area contributed by atoms with Gasteiger partial charge in [-0.3, -0.25) is 0 Å². The Morgan fingerprint density at radius 3 is 2.43 bits per heavy atom. The van der Waals surface area contributed by atoms with Gasteiger partial charge in [0.2, 0.25) is 0 Å². The van der Waals surface area contributed by atoms with Crippen molar-refractivity contribution in [1.29, 1.82) is 0 Å². The highest BCUT2D eigenvalue weighted by Crippen LogP contribution is 2.42. The van der Waals surface area contributed by atoms with E-state index in [1.54, 1.807) is 14.2 Å². The van der Waals surface area contributed by atoms with Gasteiger partial charge in [0, 0.05) is 35.5 Å². The lowest BCUT2D eigenvalue weighted by atomic mass is 9.91. The smallest absolute Gasteiger partial charge is 0.339 e. The van der Waals surface area contributed by atoms with Crippen molar-refractivity contribution in [3.8, 4) is 22.6 Å². The molecule has 0 N–H and O–H groups in total. The number of nitrogens with zero attached hydrogens (tertiary/aromatic N) is 2. The summed E-state index contributed by atoms with van der Waals surface area (Å²) in [6, 6.07) is 10.2. The molecule has 0 amide bonds. The number of carbonyl (C=O) groups excluding carboxylic acids is 1. The van der Waals surface area contributed by atoms with Crippen LogP contribution in [0, 0.1) is 0 Å². The number of aromatic nitrogens is 1. The molecule has 3 aromatic rings. The van der Waals surface area contributed by atoms with Gasteiger partial charge in [-0.15, -0.1) is 0 Å². The lowest BCUT2D eigenvalue weighted by molar-refractivity contribution is 0.0535. The molecule has 156 valence electrons. The maximum absolute atomic E-state index is 12.6. The van der Waals surface area contributed by atoms with Crippen molar-refractivity contribution in [1.82, 2.24) is 4.98 Å². The van der Waals surface area contributed by atoms with Crippen LogP contribution in [-0.2, 0) is 11.3 Å². The first-order valence-corrected chi connectivity index (χ1v) is 10.1. The first kappa shape index (κ1) is 20.0. The number of rotatable bonds is 6. The molecule has 2 heterocycles. The molecule has 0 fully saturated rings. The molecule has 0 atom stereocenters. The Morgan fingerprint density at radius 2 is 1.83 bits per heavy atom. The van der Waals surface area contributed by atoms with E-state index in [4.69, 9.17) is 19.2 Å². The van der Waals surface area contributed by atoms with Crippen LogP contribution in [0.3, 0.4) is 0 Å². The second-order valence-corrected chi connectivity index (χ2v) is 7.57. The van der Waals surface area contributed by atoms with Crippen LogP contribution in [-0.4, -0.2) is 37.8 Å². The molecule has 1 aliphatic heterocycles. The Kier molecular flexibility index (Phi) is 5.24. The van der Waals surface area contributed by atoms with E-state index in [1.807, 2.05) is 36.5 Å². The Morgan fingerprint density at radius 1 is 1.10 bits per heavy atom. The highest BCUT2D eigenvalue weighted by molar-refractivity contribution is 6.11. The van der Waals surface area contributed by atoms with Gasteiger partial charge in [0.15, 0.2) is 11.5 Å². The fourth-order valence-electron chi connectivity index (χ4n) is 4.14. The molecule has 1 aromatic heterocycles. The number of pyridine rings is 1. The van der Waals surface area contributed by atoms with Gasteiger partial charge in [0.05, 0.1) is 19.8 Å². The number of anilines is 1. The summed E-state index contributed by atoms with van der Waals surface area (Å²) in [5.41, 5.74) is 3.15. The zero-order chi connectivity index (χ0) is 21.4. The summed E-state index contributed by atoms with van der Waals surface area (Å²) in [6.07, 6.45) is 1.83. The molecule has 2 aromatic carbocycles. The molecule has 6 heteroatoms. The molecule has 1 aliphatic rings. The molecule has 0 aliphatic carbocycles. The number of cyclic esters (lactones) is 1. The first-order valence-electron chi connectivity index (χ1n) is 10.1. The minimum Gasteiger partial charge on any atom is -0.493 e. The van der Waals surface area contributed by atoms with Gasteiger partial charge in [-0.05, 0) is 61.9 Å². The summed E-state index contributed by atoms with van der Waals surface area (Å²) >= 11 is 0. The van der Waals surface area contributed by atoms with E-state index in [-0.39, 0.29) is 12.6 Å². The van der Waals surface area contributed by atoms with Gasteiger partial charge < -0.3 is 19.1 Å². The molecule has 30 heavy (non-hydrogen) atoms. The van der Waals surface area contributed by atoms with Gasteiger partial charge in [-0.25, -0.2) is 9.78 Å². The van der Waals surface area contributed by atoms with Crippen molar-refractivity contribution in [3.05, 3.63) is 47.7 Å². The summed E-state index contributed by atoms with van der Waals surface area (Å²) in [6.45, 7) is 7.55. The maximum Gasteiger partial charge on any atom is 0.339 e. The van der Waals surface area contributed by atoms with E-state index in [0.717, 1.165) is 39.8 Å². The van der Waals surface area contributed by atoms with Crippen molar-refractivity contribution >= 4 is 22.6 Å². The Balaban J connectivity index is 1.95. The molecule has 0 spiro atoms. The van der Waals surface area contributed by atoms with E-state index in [2.05, 4.69) is 25.7 Å². The quantitative estimate of drug-likeness (QED) is 0.547. The van der Waals surface area contributed by atoms with E-state index < -0.39 is 0 Å². The maximum atomic E-state index is 12.6. The van der Waals surface area contributed by atoms with Gasteiger partial charge in [0.1, 0.15) is 12.4 Å². The highest BCUT2D eigenvalue weighted by atomic mass is 16.5. The van der Waals surface area contributed by atoms with Crippen LogP contribution in [0.2, 0.25) is 0 Å². The number of hydrogen-bond donors (Lipinski definition) is 0. The first-order chi connectivity index (χ1) is 14.5. The fraction of sp³-hybridized carbons (Fsp3) is 0.333. The van der Waals surface area contributed by atoms with Crippen LogP contribution in [0.1, 0.15) is 36.7 Å². The fourth-order valence-corrected chi connectivity index (χ4v) is 4.14. The van der Waals surface area contributed by atoms with Gasteiger partial charge in [-0.1, -0.05) is 0 Å². The van der Waals surface area contributed by atoms with Crippen LogP contribution in [0.4, 0.5) is 5.82 Å². The molecule has 0 saturated carbocycles. The number of fused-ring (bicyclic) bond motifs is 2. The SMILES string of the molecule is CCN(c1ccc(-c2c3c(cc4cc(OC)c(OC)cc24)COC3=O)cn1)C(C)C.